The number of hydrogen-bond acceptors (Lipinski definition) is 2. The van der Waals surface area contributed by atoms with Gasteiger partial charge in [0.25, 0.3) is 0 Å². The molecule has 0 aliphatic carbocycles. The van der Waals surface area contributed by atoms with Gasteiger partial charge in [-0.2, -0.15) is 0 Å². The fourth-order valence-electron chi connectivity index (χ4n) is 1.15. The molecule has 0 aromatic carbocycles. The molecule has 0 amide bonds. The van der Waals surface area contributed by atoms with E-state index in [1.54, 1.807) is 6.20 Å². The quantitative estimate of drug-likeness (QED) is 0.767. The molecule has 0 fully saturated rings. The number of halogens is 1. The normalized spacial score (nSPS) is 9.14. The first-order valence-corrected chi connectivity index (χ1v) is 4.40. The van der Waals surface area contributed by atoms with Crippen LogP contribution in [0.1, 0.15) is 24.8 Å². The highest BCUT2D eigenvalue weighted by Gasteiger charge is 1.97. The zero-order valence-electron chi connectivity index (χ0n) is 7.85. The van der Waals surface area contributed by atoms with Gasteiger partial charge in [-0.3, -0.25) is 9.78 Å². The van der Waals surface area contributed by atoms with Crippen molar-refractivity contribution < 1.29 is 9.90 Å². The Morgan fingerprint density at radius 2 is 2.21 bits per heavy atom. The number of rotatable bonds is 5. The number of aryl methyl sites for hydroxylation is 1. The molecule has 0 saturated heterocycles. The first-order chi connectivity index (χ1) is 6.29. The summed E-state index contributed by atoms with van der Waals surface area (Å²) in [6.07, 6.45) is 6.39. The molecule has 0 saturated carbocycles. The number of unbranched alkanes of at least 4 members (excludes halogenated alkanes) is 1. The minimum absolute atomic E-state index is 0. The zero-order valence-corrected chi connectivity index (χ0v) is 8.67. The summed E-state index contributed by atoms with van der Waals surface area (Å²) >= 11 is 0. The Kier molecular flexibility index (Phi) is 6.76. The van der Waals surface area contributed by atoms with Crippen molar-refractivity contribution in [3.63, 3.8) is 0 Å². The van der Waals surface area contributed by atoms with Crippen molar-refractivity contribution in [1.29, 1.82) is 0 Å². The number of aliphatic carboxylic acids is 1. The standard InChI is InChI=1S/C10H13NO2.ClH/c12-10(13)6-2-1-4-9-5-3-7-11-8-9;/h3,5,7-8H,1-2,4,6H2,(H,12,13);1H. The van der Waals surface area contributed by atoms with Crippen LogP contribution in [-0.2, 0) is 11.2 Å². The lowest BCUT2D eigenvalue weighted by atomic mass is 10.1. The highest BCUT2D eigenvalue weighted by molar-refractivity contribution is 5.85. The van der Waals surface area contributed by atoms with Gasteiger partial charge in [-0.05, 0) is 30.9 Å². The Morgan fingerprint density at radius 3 is 2.79 bits per heavy atom. The molecule has 0 radical (unpaired) electrons. The summed E-state index contributed by atoms with van der Waals surface area (Å²) in [6, 6.07) is 3.90. The second-order valence-electron chi connectivity index (χ2n) is 2.96. The van der Waals surface area contributed by atoms with Crippen molar-refractivity contribution in [3.05, 3.63) is 30.1 Å². The monoisotopic (exact) mass is 215 g/mol. The van der Waals surface area contributed by atoms with E-state index in [0.717, 1.165) is 19.3 Å². The van der Waals surface area contributed by atoms with Crippen molar-refractivity contribution >= 4 is 18.4 Å². The molecule has 1 heterocycles. The zero-order chi connectivity index (χ0) is 9.52. The van der Waals surface area contributed by atoms with Gasteiger partial charge in [0.2, 0.25) is 0 Å². The van der Waals surface area contributed by atoms with Crippen molar-refractivity contribution in [3.8, 4) is 0 Å². The van der Waals surface area contributed by atoms with Crippen molar-refractivity contribution in [2.24, 2.45) is 0 Å². The first-order valence-electron chi connectivity index (χ1n) is 4.40. The molecule has 0 unspecified atom stereocenters. The van der Waals surface area contributed by atoms with E-state index in [2.05, 4.69) is 4.98 Å². The van der Waals surface area contributed by atoms with E-state index >= 15 is 0 Å². The third-order valence-corrected chi connectivity index (χ3v) is 1.83. The number of nitrogens with zero attached hydrogens (tertiary/aromatic N) is 1. The highest BCUT2D eigenvalue weighted by Crippen LogP contribution is 2.04. The summed E-state index contributed by atoms with van der Waals surface area (Å²) < 4.78 is 0. The van der Waals surface area contributed by atoms with Crippen LogP contribution in [0.4, 0.5) is 0 Å². The maximum Gasteiger partial charge on any atom is 0.303 e. The second kappa shape index (κ2) is 7.33. The van der Waals surface area contributed by atoms with Crippen LogP contribution in [0.2, 0.25) is 0 Å². The van der Waals surface area contributed by atoms with Gasteiger partial charge in [0.15, 0.2) is 0 Å². The molecule has 1 N–H and O–H groups in total. The van der Waals surface area contributed by atoms with Gasteiger partial charge >= 0.3 is 5.97 Å². The van der Waals surface area contributed by atoms with E-state index in [1.165, 1.54) is 5.56 Å². The lowest BCUT2D eigenvalue weighted by Gasteiger charge is -1.98. The van der Waals surface area contributed by atoms with E-state index in [1.807, 2.05) is 18.3 Å². The van der Waals surface area contributed by atoms with Crippen LogP contribution in [0, 0.1) is 0 Å². The molecule has 0 atom stereocenters. The van der Waals surface area contributed by atoms with Gasteiger partial charge in [0.05, 0.1) is 0 Å². The lowest BCUT2D eigenvalue weighted by Crippen LogP contribution is -1.94. The SMILES string of the molecule is Cl.O=C(O)CCCCc1cccnc1. The van der Waals surface area contributed by atoms with Gasteiger partial charge in [-0.1, -0.05) is 6.07 Å². The Hall–Kier alpha value is -1.09. The molecule has 1 aromatic heterocycles. The minimum Gasteiger partial charge on any atom is -0.481 e. The molecule has 0 spiro atoms. The maximum atomic E-state index is 10.2. The lowest BCUT2D eigenvalue weighted by molar-refractivity contribution is -0.137. The molecular weight excluding hydrogens is 202 g/mol. The fourth-order valence-corrected chi connectivity index (χ4v) is 1.15. The van der Waals surface area contributed by atoms with Crippen molar-refractivity contribution in [2.45, 2.75) is 25.7 Å². The molecule has 14 heavy (non-hydrogen) atoms. The summed E-state index contributed by atoms with van der Waals surface area (Å²) in [5.41, 5.74) is 1.17. The summed E-state index contributed by atoms with van der Waals surface area (Å²) in [7, 11) is 0. The minimum atomic E-state index is -0.716. The van der Waals surface area contributed by atoms with E-state index in [9.17, 15) is 4.79 Å². The molecule has 0 aliphatic rings. The third-order valence-electron chi connectivity index (χ3n) is 1.83. The van der Waals surface area contributed by atoms with Crippen molar-refractivity contribution in [2.75, 3.05) is 0 Å². The Labute approximate surface area is 89.6 Å². The van der Waals surface area contributed by atoms with Crippen LogP contribution in [0.5, 0.6) is 0 Å². The fraction of sp³-hybridized carbons (Fsp3) is 0.400. The topological polar surface area (TPSA) is 50.2 Å². The summed E-state index contributed by atoms with van der Waals surface area (Å²) in [6.45, 7) is 0. The predicted molar refractivity (Wildman–Crippen MR) is 56.7 cm³/mol. The first kappa shape index (κ1) is 12.9. The number of hydrogen-bond donors (Lipinski definition) is 1. The summed E-state index contributed by atoms with van der Waals surface area (Å²) in [5.74, 6) is -0.716. The van der Waals surface area contributed by atoms with Crippen LogP contribution in [0.3, 0.4) is 0 Å². The van der Waals surface area contributed by atoms with Crippen LogP contribution in [0.25, 0.3) is 0 Å². The average Bonchev–Trinajstić information content (AvgIpc) is 2.14. The molecular formula is C10H14ClNO2. The summed E-state index contributed by atoms with van der Waals surface area (Å²) in [4.78, 5) is 14.2. The molecule has 4 heteroatoms. The smallest absolute Gasteiger partial charge is 0.303 e. The Balaban J connectivity index is 0.00000169. The van der Waals surface area contributed by atoms with E-state index < -0.39 is 5.97 Å². The molecule has 1 rings (SSSR count). The maximum absolute atomic E-state index is 10.2. The van der Waals surface area contributed by atoms with Crippen LogP contribution >= 0.6 is 12.4 Å². The summed E-state index contributed by atoms with van der Waals surface area (Å²) in [5, 5.41) is 8.40. The third kappa shape index (κ3) is 5.54. The van der Waals surface area contributed by atoms with E-state index in [4.69, 9.17) is 5.11 Å². The largest absolute Gasteiger partial charge is 0.481 e. The van der Waals surface area contributed by atoms with Crippen molar-refractivity contribution in [1.82, 2.24) is 4.98 Å². The molecule has 78 valence electrons. The van der Waals surface area contributed by atoms with Gasteiger partial charge < -0.3 is 5.11 Å². The van der Waals surface area contributed by atoms with Crippen LogP contribution < -0.4 is 0 Å². The number of carboxylic acids is 1. The van der Waals surface area contributed by atoms with Crippen LogP contribution in [-0.4, -0.2) is 16.1 Å². The average molecular weight is 216 g/mol. The van der Waals surface area contributed by atoms with Gasteiger partial charge in [-0.25, -0.2) is 0 Å². The number of carbonyl (C=O) groups is 1. The van der Waals surface area contributed by atoms with E-state index in [0.29, 0.717) is 0 Å². The Morgan fingerprint density at radius 1 is 1.43 bits per heavy atom. The van der Waals surface area contributed by atoms with Crippen LogP contribution in [0.15, 0.2) is 24.5 Å². The highest BCUT2D eigenvalue weighted by atomic mass is 35.5. The van der Waals surface area contributed by atoms with Gasteiger partial charge in [-0.15, -0.1) is 12.4 Å². The Bertz CT molecular complexity index is 264. The molecule has 0 aliphatic heterocycles. The number of aromatic nitrogens is 1. The number of pyridine rings is 1. The number of carboxylic acid groups (broad SMARTS) is 1. The second-order valence-corrected chi connectivity index (χ2v) is 2.96. The van der Waals surface area contributed by atoms with E-state index in [-0.39, 0.29) is 18.8 Å². The molecule has 1 aromatic rings. The molecule has 0 bridgehead atoms. The van der Waals surface area contributed by atoms with Gasteiger partial charge in [0.1, 0.15) is 0 Å². The molecule has 3 nitrogen and oxygen atoms in total. The van der Waals surface area contributed by atoms with Gasteiger partial charge in [0, 0.05) is 18.8 Å². The predicted octanol–water partition coefficient (Wildman–Crippen LogP) is 2.30.